The van der Waals surface area contributed by atoms with Crippen molar-refractivity contribution < 1.29 is 36.2 Å². The molecule has 2 unspecified atom stereocenters. The van der Waals surface area contributed by atoms with Crippen molar-refractivity contribution in [3.63, 3.8) is 0 Å². The van der Waals surface area contributed by atoms with Gasteiger partial charge in [0, 0.05) is 0 Å². The van der Waals surface area contributed by atoms with Gasteiger partial charge in [-0.3, -0.25) is 0 Å². The summed E-state index contributed by atoms with van der Waals surface area (Å²) in [6.45, 7) is 6.11. The summed E-state index contributed by atoms with van der Waals surface area (Å²) in [7, 11) is 0. The molecular weight excluding hydrogens is 304 g/mol. The predicted molar refractivity (Wildman–Crippen MR) is 61.6 cm³/mol. The van der Waals surface area contributed by atoms with Gasteiger partial charge in [0.15, 0.2) is 0 Å². The summed E-state index contributed by atoms with van der Waals surface area (Å²) in [6.07, 6.45) is 0. The van der Waals surface area contributed by atoms with Crippen molar-refractivity contribution in [2.45, 2.75) is 27.7 Å². The fraction of sp³-hybridized carbons (Fsp3) is 0.667. The molecule has 0 aromatic rings. The quantitative estimate of drug-likeness (QED) is 0.446. The Balaban J connectivity index is -0.0000000369. The molecule has 0 amide bonds. The third-order valence-corrected chi connectivity index (χ3v) is 0. The van der Waals surface area contributed by atoms with Crippen LogP contribution < -0.4 is 0 Å². The fourth-order valence-electron chi connectivity index (χ4n) is 0. The van der Waals surface area contributed by atoms with E-state index in [0.29, 0.717) is 0 Å². The second kappa shape index (κ2) is 25.6. The Labute approximate surface area is 135 Å². The van der Waals surface area contributed by atoms with Gasteiger partial charge in [0.05, 0.1) is 22.7 Å². The Morgan fingerprint density at radius 3 is 0.824 bits per heavy atom. The zero-order chi connectivity index (χ0) is 14.3. The van der Waals surface area contributed by atoms with Crippen molar-refractivity contribution in [1.82, 2.24) is 0 Å². The summed E-state index contributed by atoms with van der Waals surface area (Å²) in [5.74, 6) is 0.333. The molecule has 100 valence electrons. The van der Waals surface area contributed by atoms with Gasteiger partial charge in [0.25, 0.3) is 0 Å². The second-order valence-electron chi connectivity index (χ2n) is 2.25. The van der Waals surface area contributed by atoms with E-state index < -0.39 is 22.7 Å². The van der Waals surface area contributed by atoms with Crippen LogP contribution in [0.15, 0.2) is 0 Å². The van der Waals surface area contributed by atoms with Crippen molar-refractivity contribution in [2.24, 2.45) is 0 Å². The van der Waals surface area contributed by atoms with E-state index in [1.165, 1.54) is 27.7 Å². The maximum absolute atomic E-state index is 9.44. The van der Waals surface area contributed by atoms with E-state index in [1.54, 1.807) is 0 Å². The monoisotopic (exact) mass is 318 g/mol. The molecule has 0 aliphatic rings. The van der Waals surface area contributed by atoms with Crippen LogP contribution in [0.5, 0.6) is 0 Å². The van der Waals surface area contributed by atoms with Gasteiger partial charge in [0.1, 0.15) is 11.6 Å². The van der Waals surface area contributed by atoms with Gasteiger partial charge in [-0.25, -0.2) is 8.42 Å². The van der Waals surface area contributed by atoms with Crippen LogP contribution in [0.1, 0.15) is 27.7 Å². The minimum absolute atomic E-state index is 0. The number of hydrogen-bond acceptors (Lipinski definition) is 6. The van der Waals surface area contributed by atoms with Crippen molar-refractivity contribution in [2.75, 3.05) is 0 Å². The van der Waals surface area contributed by atoms with Gasteiger partial charge in [-0.2, -0.15) is 0 Å². The molecule has 0 aliphatic heterocycles. The average Bonchev–Trinajstić information content (AvgIpc) is 1.76. The Kier molecular flexibility index (Phi) is 46.0. The van der Waals surface area contributed by atoms with Gasteiger partial charge in [0.2, 0.25) is 0 Å². The van der Waals surface area contributed by atoms with E-state index in [9.17, 15) is 9.59 Å². The van der Waals surface area contributed by atoms with Crippen LogP contribution in [0.4, 0.5) is 0 Å². The van der Waals surface area contributed by atoms with Gasteiger partial charge >= 0.3 is 37.7 Å². The molecule has 0 aliphatic carbocycles. The summed E-state index contributed by atoms with van der Waals surface area (Å²) < 4.78 is 48.2. The SMILES string of the molecule is CC(C)=O.CC(C)=O.O=S([O-])O.O=S([O-])O.[Ca+2]. The molecule has 0 fully saturated rings. The Morgan fingerprint density at radius 1 is 0.824 bits per heavy atom. The summed E-state index contributed by atoms with van der Waals surface area (Å²) in [4.78, 5) is 18.9. The first kappa shape index (κ1) is 30.6. The topological polar surface area (TPSA) is 155 Å². The minimum Gasteiger partial charge on any atom is -0.750 e. The first-order chi connectivity index (χ1) is 6.93. The average molecular weight is 318 g/mol. The first-order valence-electron chi connectivity index (χ1n) is 3.44. The van der Waals surface area contributed by atoms with Gasteiger partial charge < -0.3 is 27.8 Å². The number of ketones is 2. The minimum atomic E-state index is -2.86. The van der Waals surface area contributed by atoms with Gasteiger partial charge in [-0.15, -0.1) is 0 Å². The van der Waals surface area contributed by atoms with Gasteiger partial charge in [-0.05, 0) is 27.7 Å². The molecule has 0 radical (unpaired) electrons. The predicted octanol–water partition coefficient (Wildman–Crippen LogP) is -0.513. The molecule has 0 heterocycles. The molecule has 0 saturated heterocycles. The molecule has 0 rings (SSSR count). The molecule has 0 aromatic carbocycles. The standard InChI is InChI=1S/2C3H6O.Ca.2H2O3S/c2*1-3(2)4;;2*1-4(2)3/h2*1-2H3;;2*(H2,1,2,3)/q;;+2;;/p-2. The van der Waals surface area contributed by atoms with Crippen LogP contribution in [0.2, 0.25) is 0 Å². The summed E-state index contributed by atoms with van der Waals surface area (Å²) >= 11 is -5.72. The van der Waals surface area contributed by atoms with Crippen LogP contribution in [0.3, 0.4) is 0 Å². The largest absolute Gasteiger partial charge is 2.00 e. The number of carbonyl (C=O) groups excluding carboxylic acids is 2. The number of Topliss-reactive ketones (excluding diaryl/α,β-unsaturated/α-hetero) is 2. The Bertz CT molecular complexity index is 168. The molecule has 8 nitrogen and oxygen atoms in total. The molecule has 11 heteroatoms. The zero-order valence-electron chi connectivity index (χ0n) is 9.87. The zero-order valence-corrected chi connectivity index (χ0v) is 13.7. The van der Waals surface area contributed by atoms with Crippen molar-refractivity contribution in [3.05, 3.63) is 0 Å². The van der Waals surface area contributed by atoms with E-state index in [4.69, 9.17) is 26.6 Å². The van der Waals surface area contributed by atoms with Crippen LogP contribution in [0, 0.1) is 0 Å². The molecule has 2 N–H and O–H groups in total. The van der Waals surface area contributed by atoms with Crippen molar-refractivity contribution >= 4 is 72.0 Å². The number of rotatable bonds is 0. The van der Waals surface area contributed by atoms with Crippen LogP contribution >= 0.6 is 0 Å². The fourth-order valence-corrected chi connectivity index (χ4v) is 0. The molecule has 0 saturated carbocycles. The third kappa shape index (κ3) is 6650. The van der Waals surface area contributed by atoms with Gasteiger partial charge in [-0.1, -0.05) is 0 Å². The summed E-state index contributed by atoms with van der Waals surface area (Å²) in [5.41, 5.74) is 0. The van der Waals surface area contributed by atoms with Crippen LogP contribution in [0.25, 0.3) is 0 Å². The van der Waals surface area contributed by atoms with E-state index >= 15 is 0 Å². The molecule has 17 heavy (non-hydrogen) atoms. The Hall–Kier alpha value is 0.740. The maximum atomic E-state index is 9.44. The Morgan fingerprint density at radius 2 is 0.824 bits per heavy atom. The van der Waals surface area contributed by atoms with E-state index in [-0.39, 0.29) is 49.3 Å². The maximum Gasteiger partial charge on any atom is 2.00 e. The van der Waals surface area contributed by atoms with E-state index in [2.05, 4.69) is 0 Å². The smallest absolute Gasteiger partial charge is 0.750 e. The third-order valence-electron chi connectivity index (χ3n) is 0. The second-order valence-corrected chi connectivity index (χ2v) is 3.12. The van der Waals surface area contributed by atoms with Crippen molar-refractivity contribution in [3.8, 4) is 0 Å². The van der Waals surface area contributed by atoms with Crippen LogP contribution in [-0.2, 0) is 32.3 Å². The van der Waals surface area contributed by atoms with Crippen molar-refractivity contribution in [1.29, 1.82) is 0 Å². The van der Waals surface area contributed by atoms with E-state index in [1.807, 2.05) is 0 Å². The molecule has 0 aromatic heterocycles. The van der Waals surface area contributed by atoms with E-state index in [0.717, 1.165) is 0 Å². The number of hydrogen-bond donors (Lipinski definition) is 2. The molecule has 0 spiro atoms. The molecule has 2 atom stereocenters. The number of carbonyl (C=O) groups is 2. The normalized spacial score (nSPS) is 10.4. The summed E-state index contributed by atoms with van der Waals surface area (Å²) in [6, 6.07) is 0. The molecule has 0 bridgehead atoms. The molecular formula is C6H14CaO8S2. The first-order valence-corrected chi connectivity index (χ1v) is 5.50. The van der Waals surface area contributed by atoms with Crippen LogP contribution in [-0.4, -0.2) is 75.9 Å². The summed E-state index contributed by atoms with van der Waals surface area (Å²) in [5, 5.41) is 0.